The van der Waals surface area contributed by atoms with Crippen molar-refractivity contribution in [2.45, 2.75) is 4.90 Å². The Hall–Kier alpha value is -0.100. The van der Waals surface area contributed by atoms with Crippen molar-refractivity contribution in [3.8, 4) is 11.5 Å². The number of halogens is 1. The highest BCUT2D eigenvalue weighted by molar-refractivity contribution is 14.1. The predicted molar refractivity (Wildman–Crippen MR) is 49.7 cm³/mol. The molecular formula is C6H5IO2S. The summed E-state index contributed by atoms with van der Waals surface area (Å²) in [6.45, 7) is 0. The van der Waals surface area contributed by atoms with Crippen molar-refractivity contribution in [2.75, 3.05) is 0 Å². The van der Waals surface area contributed by atoms with Crippen LogP contribution in [-0.2, 0) is 0 Å². The molecule has 0 amide bonds. The molecule has 2 N–H and O–H groups in total. The van der Waals surface area contributed by atoms with Gasteiger partial charge in [-0.2, -0.15) is 0 Å². The standard InChI is InChI=1S/C6H5IO2S/c7-5-3(8)1-2-4(9)6(5)10/h1-2,8-10H. The van der Waals surface area contributed by atoms with Gasteiger partial charge in [-0.05, 0) is 34.7 Å². The van der Waals surface area contributed by atoms with E-state index in [1.54, 1.807) is 0 Å². The Kier molecular flexibility index (Phi) is 2.30. The van der Waals surface area contributed by atoms with Gasteiger partial charge in [0.25, 0.3) is 0 Å². The van der Waals surface area contributed by atoms with Crippen LogP contribution in [0.2, 0.25) is 0 Å². The third-order valence-electron chi connectivity index (χ3n) is 1.07. The molecule has 0 aliphatic carbocycles. The molecule has 0 heterocycles. The van der Waals surface area contributed by atoms with Crippen LogP contribution in [0, 0.1) is 3.57 Å². The lowest BCUT2D eigenvalue weighted by atomic mass is 10.3. The average molecular weight is 268 g/mol. The smallest absolute Gasteiger partial charge is 0.130 e. The van der Waals surface area contributed by atoms with Gasteiger partial charge in [0.15, 0.2) is 0 Å². The number of aromatic hydroxyl groups is 2. The molecule has 0 unspecified atom stereocenters. The molecule has 0 aliphatic heterocycles. The molecule has 4 heteroatoms. The van der Waals surface area contributed by atoms with Crippen molar-refractivity contribution in [1.82, 2.24) is 0 Å². The normalized spacial score (nSPS) is 9.80. The van der Waals surface area contributed by atoms with Gasteiger partial charge < -0.3 is 10.2 Å². The van der Waals surface area contributed by atoms with Crippen molar-refractivity contribution in [2.24, 2.45) is 0 Å². The van der Waals surface area contributed by atoms with Gasteiger partial charge in [0.1, 0.15) is 11.5 Å². The summed E-state index contributed by atoms with van der Waals surface area (Å²) in [5.41, 5.74) is 0. The van der Waals surface area contributed by atoms with Crippen LogP contribution < -0.4 is 0 Å². The van der Waals surface area contributed by atoms with E-state index >= 15 is 0 Å². The largest absolute Gasteiger partial charge is 0.507 e. The van der Waals surface area contributed by atoms with Crippen LogP contribution >= 0.6 is 35.2 Å². The van der Waals surface area contributed by atoms with Crippen LogP contribution in [0.1, 0.15) is 0 Å². The molecule has 2 nitrogen and oxygen atoms in total. The van der Waals surface area contributed by atoms with E-state index in [0.29, 0.717) is 8.47 Å². The van der Waals surface area contributed by atoms with Crippen LogP contribution in [0.4, 0.5) is 0 Å². The maximum Gasteiger partial charge on any atom is 0.130 e. The molecule has 0 bridgehead atoms. The van der Waals surface area contributed by atoms with Gasteiger partial charge in [-0.3, -0.25) is 0 Å². The van der Waals surface area contributed by atoms with Gasteiger partial charge in [-0.1, -0.05) is 0 Å². The highest BCUT2D eigenvalue weighted by Gasteiger charge is 2.04. The third-order valence-corrected chi connectivity index (χ3v) is 3.05. The second kappa shape index (κ2) is 2.87. The lowest BCUT2D eigenvalue weighted by molar-refractivity contribution is 0.445. The van der Waals surface area contributed by atoms with Crippen molar-refractivity contribution in [1.29, 1.82) is 0 Å². The zero-order valence-corrected chi connectivity index (χ0v) is 7.93. The molecule has 0 atom stereocenters. The van der Waals surface area contributed by atoms with Crippen molar-refractivity contribution >= 4 is 35.2 Å². The van der Waals surface area contributed by atoms with Gasteiger partial charge in [0.2, 0.25) is 0 Å². The predicted octanol–water partition coefficient (Wildman–Crippen LogP) is 1.99. The fraction of sp³-hybridized carbons (Fsp3) is 0. The molecule has 1 rings (SSSR count). The van der Waals surface area contributed by atoms with E-state index in [9.17, 15) is 0 Å². The first-order chi connectivity index (χ1) is 4.63. The maximum absolute atomic E-state index is 9.06. The Balaban J connectivity index is 3.34. The lowest BCUT2D eigenvalue weighted by Gasteiger charge is -2.01. The summed E-state index contributed by atoms with van der Waals surface area (Å²) in [5.74, 6) is 0.230. The number of rotatable bonds is 0. The molecule has 0 saturated heterocycles. The summed E-state index contributed by atoms with van der Waals surface area (Å²) in [6.07, 6.45) is 0. The molecule has 10 heavy (non-hydrogen) atoms. The van der Waals surface area contributed by atoms with E-state index in [1.807, 2.05) is 22.6 Å². The molecule has 0 aliphatic rings. The second-order valence-corrected chi connectivity index (χ2v) is 3.29. The van der Waals surface area contributed by atoms with E-state index in [4.69, 9.17) is 10.2 Å². The first kappa shape index (κ1) is 8.00. The van der Waals surface area contributed by atoms with Gasteiger partial charge in [-0.25, -0.2) is 0 Å². The van der Waals surface area contributed by atoms with Crippen molar-refractivity contribution in [3.63, 3.8) is 0 Å². The Labute approximate surface area is 77.4 Å². The quantitative estimate of drug-likeness (QED) is 0.382. The Bertz CT molecular complexity index is 235. The summed E-state index contributed by atoms with van der Waals surface area (Å²) >= 11 is 5.87. The fourth-order valence-electron chi connectivity index (χ4n) is 0.544. The number of phenolic OH excluding ortho intramolecular Hbond substituents is 2. The van der Waals surface area contributed by atoms with Gasteiger partial charge in [0.05, 0.1) is 8.47 Å². The summed E-state index contributed by atoms with van der Waals surface area (Å²) in [4.78, 5) is 0.417. The zero-order chi connectivity index (χ0) is 7.72. The second-order valence-electron chi connectivity index (χ2n) is 1.77. The molecule has 0 fully saturated rings. The molecule has 0 spiro atoms. The summed E-state index contributed by atoms with van der Waals surface area (Å²) < 4.78 is 0.570. The summed E-state index contributed by atoms with van der Waals surface area (Å²) in [7, 11) is 0. The number of benzene rings is 1. The zero-order valence-electron chi connectivity index (χ0n) is 4.87. The number of hydrogen-bond acceptors (Lipinski definition) is 3. The highest BCUT2D eigenvalue weighted by Crippen LogP contribution is 2.32. The Morgan fingerprint density at radius 1 is 1.20 bits per heavy atom. The first-order valence-corrected chi connectivity index (χ1v) is 4.05. The van der Waals surface area contributed by atoms with Gasteiger partial charge in [0, 0.05) is 0 Å². The Morgan fingerprint density at radius 2 is 1.70 bits per heavy atom. The average Bonchev–Trinajstić information content (AvgIpc) is 1.93. The van der Waals surface area contributed by atoms with Crippen LogP contribution in [-0.4, -0.2) is 10.2 Å². The highest BCUT2D eigenvalue weighted by atomic mass is 127. The maximum atomic E-state index is 9.06. The number of thiol groups is 1. The van der Waals surface area contributed by atoms with Crippen LogP contribution in [0.25, 0.3) is 0 Å². The SMILES string of the molecule is Oc1ccc(O)c(I)c1S. The monoisotopic (exact) mass is 268 g/mol. The minimum Gasteiger partial charge on any atom is -0.507 e. The van der Waals surface area contributed by atoms with E-state index in [-0.39, 0.29) is 11.5 Å². The molecular weight excluding hydrogens is 263 g/mol. The number of hydrogen-bond donors (Lipinski definition) is 3. The summed E-state index contributed by atoms with van der Waals surface area (Å²) in [5, 5.41) is 18.1. The minimum atomic E-state index is 0.0885. The topological polar surface area (TPSA) is 40.5 Å². The van der Waals surface area contributed by atoms with E-state index < -0.39 is 0 Å². The molecule has 54 valence electrons. The summed E-state index contributed by atoms with van der Waals surface area (Å²) in [6, 6.07) is 2.83. The van der Waals surface area contributed by atoms with Gasteiger partial charge in [-0.15, -0.1) is 12.6 Å². The molecule has 1 aromatic rings. The fourth-order valence-corrected chi connectivity index (χ4v) is 1.19. The van der Waals surface area contributed by atoms with E-state index in [2.05, 4.69) is 12.6 Å². The minimum absolute atomic E-state index is 0.0885. The van der Waals surface area contributed by atoms with Crippen LogP contribution in [0.5, 0.6) is 11.5 Å². The number of phenols is 2. The van der Waals surface area contributed by atoms with Crippen molar-refractivity contribution < 1.29 is 10.2 Å². The Morgan fingerprint density at radius 3 is 2.20 bits per heavy atom. The van der Waals surface area contributed by atoms with Crippen molar-refractivity contribution in [3.05, 3.63) is 15.7 Å². The van der Waals surface area contributed by atoms with Gasteiger partial charge >= 0.3 is 0 Å². The third kappa shape index (κ3) is 1.32. The first-order valence-electron chi connectivity index (χ1n) is 2.52. The van der Waals surface area contributed by atoms with Crippen LogP contribution in [0.15, 0.2) is 17.0 Å². The van der Waals surface area contributed by atoms with Crippen LogP contribution in [0.3, 0.4) is 0 Å². The molecule has 0 saturated carbocycles. The van der Waals surface area contributed by atoms with E-state index in [0.717, 1.165) is 0 Å². The molecule has 0 radical (unpaired) electrons. The molecule has 1 aromatic carbocycles. The lowest BCUT2D eigenvalue weighted by Crippen LogP contribution is -1.77. The molecule has 0 aromatic heterocycles. The van der Waals surface area contributed by atoms with E-state index in [1.165, 1.54) is 12.1 Å².